The van der Waals surface area contributed by atoms with Crippen molar-refractivity contribution in [1.82, 2.24) is 14.6 Å². The van der Waals surface area contributed by atoms with Crippen molar-refractivity contribution >= 4 is 29.0 Å². The minimum atomic E-state index is -0.450. The number of hydrogen-bond donors (Lipinski definition) is 0. The fourth-order valence-electron chi connectivity index (χ4n) is 3.17. The van der Waals surface area contributed by atoms with E-state index in [1.165, 1.54) is 13.2 Å². The van der Waals surface area contributed by atoms with E-state index in [9.17, 15) is 9.59 Å². The van der Waals surface area contributed by atoms with Gasteiger partial charge >= 0.3 is 5.97 Å². The summed E-state index contributed by atoms with van der Waals surface area (Å²) in [6.07, 6.45) is 0.604. The molecule has 8 heteroatoms. The maximum absolute atomic E-state index is 12.2. The van der Waals surface area contributed by atoms with Gasteiger partial charge in [0.15, 0.2) is 18.0 Å². The standard InChI is InChI=1S/C21H22ClN3O4/c1-12-9-20-23-13(2)16(14(3)25(20)24-12)6-8-21(27)29-11-18(26)15-5-7-19(28-4)17(22)10-15/h5,7,9-10H,6,8,11H2,1-4H3. The van der Waals surface area contributed by atoms with Crippen molar-refractivity contribution in [1.29, 1.82) is 0 Å². The third-order valence-corrected chi connectivity index (χ3v) is 5.00. The molecule has 0 saturated carbocycles. The summed E-state index contributed by atoms with van der Waals surface area (Å²) in [5.41, 5.74) is 4.77. The Kier molecular flexibility index (Phi) is 6.17. The molecule has 0 aliphatic carbocycles. The quantitative estimate of drug-likeness (QED) is 0.432. The molecule has 0 atom stereocenters. The Balaban J connectivity index is 1.60. The van der Waals surface area contributed by atoms with E-state index in [-0.39, 0.29) is 18.8 Å². The minimum Gasteiger partial charge on any atom is -0.495 e. The molecule has 0 spiro atoms. The summed E-state index contributed by atoms with van der Waals surface area (Å²) in [5.74, 6) is -0.303. The monoisotopic (exact) mass is 415 g/mol. The van der Waals surface area contributed by atoms with Crippen LogP contribution >= 0.6 is 11.6 Å². The number of esters is 1. The Morgan fingerprint density at radius 3 is 2.62 bits per heavy atom. The number of aromatic nitrogens is 3. The number of Topliss-reactive ketones (excluding diaryl/α,β-unsaturated/α-hetero) is 1. The Labute approximate surface area is 173 Å². The molecule has 0 aliphatic heterocycles. The molecule has 3 rings (SSSR count). The Hall–Kier alpha value is -2.93. The van der Waals surface area contributed by atoms with E-state index >= 15 is 0 Å². The first-order valence-corrected chi connectivity index (χ1v) is 9.52. The van der Waals surface area contributed by atoms with Crippen LogP contribution in [0.1, 0.15) is 39.4 Å². The SMILES string of the molecule is COc1ccc(C(=O)COC(=O)CCc2c(C)nc3cc(C)nn3c2C)cc1Cl. The van der Waals surface area contributed by atoms with E-state index in [2.05, 4.69) is 10.1 Å². The van der Waals surface area contributed by atoms with Crippen LogP contribution in [0, 0.1) is 20.8 Å². The summed E-state index contributed by atoms with van der Waals surface area (Å²) >= 11 is 6.03. The summed E-state index contributed by atoms with van der Waals surface area (Å²) in [4.78, 5) is 28.9. The fraction of sp³-hybridized carbons (Fsp3) is 0.333. The fourth-order valence-corrected chi connectivity index (χ4v) is 3.43. The first kappa shape index (κ1) is 20.8. The zero-order valence-corrected chi connectivity index (χ0v) is 17.5. The molecule has 2 aromatic heterocycles. The van der Waals surface area contributed by atoms with E-state index < -0.39 is 5.97 Å². The van der Waals surface area contributed by atoms with Gasteiger partial charge in [0.1, 0.15) is 5.75 Å². The van der Waals surface area contributed by atoms with Crippen molar-refractivity contribution in [2.24, 2.45) is 0 Å². The number of fused-ring (bicyclic) bond motifs is 1. The van der Waals surface area contributed by atoms with Gasteiger partial charge in [-0.3, -0.25) is 9.59 Å². The molecule has 7 nitrogen and oxygen atoms in total. The lowest BCUT2D eigenvalue weighted by atomic mass is 10.1. The highest BCUT2D eigenvalue weighted by molar-refractivity contribution is 6.32. The van der Waals surface area contributed by atoms with Gasteiger partial charge in [-0.15, -0.1) is 0 Å². The number of methoxy groups -OCH3 is 1. The van der Waals surface area contributed by atoms with Gasteiger partial charge in [-0.25, -0.2) is 9.50 Å². The summed E-state index contributed by atoms with van der Waals surface area (Å²) in [7, 11) is 1.49. The Bertz CT molecular complexity index is 1090. The van der Waals surface area contributed by atoms with Crippen LogP contribution in [-0.4, -0.2) is 40.1 Å². The molecule has 2 heterocycles. The van der Waals surface area contributed by atoms with E-state index in [0.717, 1.165) is 28.3 Å². The van der Waals surface area contributed by atoms with Crippen molar-refractivity contribution in [3.8, 4) is 5.75 Å². The molecule has 1 aromatic carbocycles. The molecule has 152 valence electrons. The van der Waals surface area contributed by atoms with Gasteiger partial charge in [-0.1, -0.05) is 11.6 Å². The van der Waals surface area contributed by atoms with Gasteiger partial charge in [-0.2, -0.15) is 5.10 Å². The first-order chi connectivity index (χ1) is 13.8. The van der Waals surface area contributed by atoms with E-state index in [1.54, 1.807) is 16.6 Å². The van der Waals surface area contributed by atoms with Crippen LogP contribution in [0.2, 0.25) is 5.02 Å². The number of ether oxygens (including phenoxy) is 2. The number of halogens is 1. The van der Waals surface area contributed by atoms with Gasteiger partial charge in [-0.05, 0) is 51.0 Å². The number of carbonyl (C=O) groups is 2. The van der Waals surface area contributed by atoms with Gasteiger partial charge in [0.25, 0.3) is 0 Å². The molecular formula is C21H22ClN3O4. The van der Waals surface area contributed by atoms with Gasteiger partial charge in [0.2, 0.25) is 0 Å². The number of carbonyl (C=O) groups excluding carboxylic acids is 2. The average molecular weight is 416 g/mol. The molecule has 29 heavy (non-hydrogen) atoms. The molecule has 0 bridgehead atoms. The predicted octanol–water partition coefficient (Wildman–Crippen LogP) is 3.68. The molecule has 0 N–H and O–H groups in total. The average Bonchev–Trinajstić information content (AvgIpc) is 3.06. The minimum absolute atomic E-state index is 0.145. The molecular weight excluding hydrogens is 394 g/mol. The Morgan fingerprint density at radius 2 is 1.93 bits per heavy atom. The number of aryl methyl sites for hydroxylation is 3. The highest BCUT2D eigenvalue weighted by Crippen LogP contribution is 2.25. The van der Waals surface area contributed by atoms with Crippen molar-refractivity contribution in [3.63, 3.8) is 0 Å². The molecule has 3 aromatic rings. The second-order valence-electron chi connectivity index (χ2n) is 6.75. The maximum atomic E-state index is 12.2. The normalized spacial score (nSPS) is 10.9. The van der Waals surface area contributed by atoms with Crippen molar-refractivity contribution in [3.05, 3.63) is 57.5 Å². The van der Waals surface area contributed by atoms with Gasteiger partial charge in [0.05, 0.1) is 17.8 Å². The van der Waals surface area contributed by atoms with Crippen molar-refractivity contribution in [2.45, 2.75) is 33.6 Å². The third kappa shape index (κ3) is 4.56. The van der Waals surface area contributed by atoms with E-state index in [1.807, 2.05) is 26.8 Å². The third-order valence-electron chi connectivity index (χ3n) is 4.70. The van der Waals surface area contributed by atoms with Crippen LogP contribution in [0.3, 0.4) is 0 Å². The maximum Gasteiger partial charge on any atom is 0.306 e. The first-order valence-electron chi connectivity index (χ1n) is 9.15. The summed E-state index contributed by atoms with van der Waals surface area (Å²) in [6, 6.07) is 6.59. The van der Waals surface area contributed by atoms with Gasteiger partial charge in [0, 0.05) is 29.4 Å². The number of ketones is 1. The van der Waals surface area contributed by atoms with Crippen LogP contribution in [0.25, 0.3) is 5.65 Å². The Morgan fingerprint density at radius 1 is 1.17 bits per heavy atom. The lowest BCUT2D eigenvalue weighted by Gasteiger charge is -2.11. The highest BCUT2D eigenvalue weighted by atomic mass is 35.5. The van der Waals surface area contributed by atoms with E-state index in [0.29, 0.717) is 22.8 Å². The predicted molar refractivity (Wildman–Crippen MR) is 109 cm³/mol. The topological polar surface area (TPSA) is 82.8 Å². The molecule has 0 aliphatic rings. The van der Waals surface area contributed by atoms with Crippen LogP contribution in [0.5, 0.6) is 5.75 Å². The number of nitrogens with zero attached hydrogens (tertiary/aromatic N) is 3. The van der Waals surface area contributed by atoms with Crippen LogP contribution < -0.4 is 4.74 Å². The number of hydrogen-bond acceptors (Lipinski definition) is 6. The number of rotatable bonds is 7. The highest BCUT2D eigenvalue weighted by Gasteiger charge is 2.15. The van der Waals surface area contributed by atoms with Crippen LogP contribution in [0.15, 0.2) is 24.3 Å². The molecule has 0 unspecified atom stereocenters. The zero-order valence-electron chi connectivity index (χ0n) is 16.8. The smallest absolute Gasteiger partial charge is 0.306 e. The zero-order chi connectivity index (χ0) is 21.1. The molecule has 0 radical (unpaired) electrons. The number of benzene rings is 1. The largest absolute Gasteiger partial charge is 0.495 e. The molecule has 0 amide bonds. The van der Waals surface area contributed by atoms with Crippen LogP contribution in [-0.2, 0) is 16.0 Å². The summed E-state index contributed by atoms with van der Waals surface area (Å²) in [5, 5.41) is 4.75. The van der Waals surface area contributed by atoms with Gasteiger partial charge < -0.3 is 9.47 Å². The second kappa shape index (κ2) is 8.61. The molecule has 0 saturated heterocycles. The summed E-state index contributed by atoms with van der Waals surface area (Å²) < 4.78 is 12.0. The second-order valence-corrected chi connectivity index (χ2v) is 7.16. The summed E-state index contributed by atoms with van der Waals surface area (Å²) in [6.45, 7) is 5.43. The van der Waals surface area contributed by atoms with Crippen LogP contribution in [0.4, 0.5) is 0 Å². The molecule has 0 fully saturated rings. The van der Waals surface area contributed by atoms with Crippen molar-refractivity contribution < 1.29 is 19.1 Å². The lowest BCUT2D eigenvalue weighted by molar-refractivity contribution is -0.142. The van der Waals surface area contributed by atoms with E-state index in [4.69, 9.17) is 21.1 Å². The van der Waals surface area contributed by atoms with Crippen molar-refractivity contribution in [2.75, 3.05) is 13.7 Å². The lowest BCUT2D eigenvalue weighted by Crippen LogP contribution is -2.15.